The van der Waals surface area contributed by atoms with Crippen molar-refractivity contribution in [2.75, 3.05) is 0 Å². The molecule has 1 aromatic heterocycles. The van der Waals surface area contributed by atoms with Gasteiger partial charge in [0.05, 0.1) is 11.3 Å². The van der Waals surface area contributed by atoms with Crippen LogP contribution in [0, 0.1) is 11.7 Å². The van der Waals surface area contributed by atoms with E-state index in [0.29, 0.717) is 23.2 Å². The molecule has 1 aliphatic rings. The Kier molecular flexibility index (Phi) is 4.99. The second-order valence-electron chi connectivity index (χ2n) is 6.18. The summed E-state index contributed by atoms with van der Waals surface area (Å²) in [5.41, 5.74) is 1.75. The maximum absolute atomic E-state index is 13.3. The largest absolute Gasteiger partial charge is 0.349 e. The molecule has 2 atom stereocenters. The van der Waals surface area contributed by atoms with E-state index >= 15 is 0 Å². The molecule has 3 rings (SSSR count). The van der Waals surface area contributed by atoms with Gasteiger partial charge in [0.2, 0.25) is 0 Å². The molecule has 0 saturated heterocycles. The van der Waals surface area contributed by atoms with Crippen LogP contribution in [0.4, 0.5) is 4.39 Å². The van der Waals surface area contributed by atoms with E-state index in [2.05, 4.69) is 10.3 Å². The summed E-state index contributed by atoms with van der Waals surface area (Å²) in [5, 5.41) is 2.97. The minimum Gasteiger partial charge on any atom is -0.349 e. The van der Waals surface area contributed by atoms with Crippen LogP contribution in [0.2, 0.25) is 0 Å². The molecule has 2 aromatic rings. The number of rotatable bonds is 4. The molecule has 1 saturated carbocycles. The molecule has 0 radical (unpaired) electrons. The Balaban J connectivity index is 1.66. The number of benzene rings is 1. The fraction of sp³-hybridized carbons (Fsp3) is 0.316. The molecule has 4 nitrogen and oxygen atoms in total. The third-order valence-corrected chi connectivity index (χ3v) is 4.39. The highest BCUT2D eigenvalue weighted by molar-refractivity contribution is 5.94. The van der Waals surface area contributed by atoms with Gasteiger partial charge >= 0.3 is 0 Å². The Morgan fingerprint density at radius 3 is 2.83 bits per heavy atom. The lowest BCUT2D eigenvalue weighted by molar-refractivity contribution is -0.112. The molecule has 1 unspecified atom stereocenters. The number of nitrogens with zero attached hydrogens (tertiary/aromatic N) is 1. The monoisotopic (exact) mass is 326 g/mol. The molecule has 1 aromatic carbocycles. The van der Waals surface area contributed by atoms with E-state index in [1.807, 2.05) is 0 Å². The number of pyridine rings is 1. The SMILES string of the molecule is O=C[C@@H]1CCCC(NC(=O)c2ccc(-c3cccc(F)c3)nc2)C1. The minimum atomic E-state index is -0.321. The normalized spacial score (nSPS) is 20.4. The number of hydrogen-bond donors (Lipinski definition) is 1. The van der Waals surface area contributed by atoms with Gasteiger partial charge < -0.3 is 10.1 Å². The highest BCUT2D eigenvalue weighted by Gasteiger charge is 2.23. The van der Waals surface area contributed by atoms with Gasteiger partial charge in [0.25, 0.3) is 5.91 Å². The summed E-state index contributed by atoms with van der Waals surface area (Å²) in [6.07, 6.45) is 5.92. The molecule has 24 heavy (non-hydrogen) atoms. The standard InChI is InChI=1S/C19H19FN2O2/c20-16-5-2-4-14(10-16)18-8-7-15(11-21-18)19(24)22-17-6-1-3-13(9-17)12-23/h2,4-5,7-8,10-13,17H,1,3,6,9H2,(H,22,24)/t13-,17?/m1/s1. The Labute approximate surface area is 140 Å². The number of aldehydes is 1. The van der Waals surface area contributed by atoms with Crippen LogP contribution < -0.4 is 5.32 Å². The summed E-state index contributed by atoms with van der Waals surface area (Å²) in [7, 11) is 0. The predicted molar refractivity (Wildman–Crippen MR) is 88.9 cm³/mol. The summed E-state index contributed by atoms with van der Waals surface area (Å²) >= 11 is 0. The molecule has 0 aliphatic heterocycles. The summed E-state index contributed by atoms with van der Waals surface area (Å²) in [4.78, 5) is 27.5. The van der Waals surface area contributed by atoms with Gasteiger partial charge in [-0.2, -0.15) is 0 Å². The van der Waals surface area contributed by atoms with Crippen molar-refractivity contribution in [1.82, 2.24) is 10.3 Å². The van der Waals surface area contributed by atoms with Gasteiger partial charge in [-0.3, -0.25) is 9.78 Å². The fourth-order valence-corrected chi connectivity index (χ4v) is 3.10. The van der Waals surface area contributed by atoms with Crippen molar-refractivity contribution in [2.45, 2.75) is 31.7 Å². The summed E-state index contributed by atoms with van der Waals surface area (Å²) < 4.78 is 13.3. The smallest absolute Gasteiger partial charge is 0.253 e. The first kappa shape index (κ1) is 16.3. The highest BCUT2D eigenvalue weighted by Crippen LogP contribution is 2.23. The third-order valence-electron chi connectivity index (χ3n) is 4.39. The van der Waals surface area contributed by atoms with Crippen molar-refractivity contribution in [3.8, 4) is 11.3 Å². The zero-order valence-electron chi connectivity index (χ0n) is 13.2. The van der Waals surface area contributed by atoms with Crippen molar-refractivity contribution in [3.63, 3.8) is 0 Å². The first-order valence-electron chi connectivity index (χ1n) is 8.14. The van der Waals surface area contributed by atoms with Gasteiger partial charge in [-0.15, -0.1) is 0 Å². The molecule has 1 heterocycles. The zero-order chi connectivity index (χ0) is 16.9. The number of carbonyl (C=O) groups is 2. The van der Waals surface area contributed by atoms with Gasteiger partial charge in [-0.05, 0) is 43.5 Å². The topological polar surface area (TPSA) is 59.1 Å². The zero-order valence-corrected chi connectivity index (χ0v) is 13.2. The number of carbonyl (C=O) groups excluding carboxylic acids is 2. The second-order valence-corrected chi connectivity index (χ2v) is 6.18. The average Bonchev–Trinajstić information content (AvgIpc) is 2.62. The molecule has 1 aliphatic carbocycles. The first-order chi connectivity index (χ1) is 11.7. The van der Waals surface area contributed by atoms with Crippen molar-refractivity contribution in [2.24, 2.45) is 5.92 Å². The van der Waals surface area contributed by atoms with Crippen LogP contribution >= 0.6 is 0 Å². The molecule has 1 N–H and O–H groups in total. The first-order valence-corrected chi connectivity index (χ1v) is 8.14. The van der Waals surface area contributed by atoms with Gasteiger partial charge in [0.15, 0.2) is 0 Å². The van der Waals surface area contributed by atoms with Gasteiger partial charge in [-0.25, -0.2) is 4.39 Å². The van der Waals surface area contributed by atoms with Gasteiger partial charge in [0.1, 0.15) is 12.1 Å². The summed E-state index contributed by atoms with van der Waals surface area (Å²) in [6, 6.07) is 9.60. The second kappa shape index (κ2) is 7.34. The molecule has 1 fully saturated rings. The Bertz CT molecular complexity index is 730. The van der Waals surface area contributed by atoms with Crippen molar-refractivity contribution in [1.29, 1.82) is 0 Å². The number of halogens is 1. The Hall–Kier alpha value is -2.56. The number of nitrogens with one attached hydrogen (secondary N) is 1. The van der Waals surface area contributed by atoms with Crippen LogP contribution in [-0.2, 0) is 4.79 Å². The van der Waals surface area contributed by atoms with E-state index in [-0.39, 0.29) is 23.7 Å². The lowest BCUT2D eigenvalue weighted by atomic mass is 9.86. The molecule has 0 bridgehead atoms. The maximum atomic E-state index is 13.3. The van der Waals surface area contributed by atoms with Crippen molar-refractivity contribution < 1.29 is 14.0 Å². The van der Waals surface area contributed by atoms with Crippen molar-refractivity contribution in [3.05, 3.63) is 54.0 Å². The fourth-order valence-electron chi connectivity index (χ4n) is 3.10. The maximum Gasteiger partial charge on any atom is 0.253 e. The van der Waals surface area contributed by atoms with Crippen LogP contribution in [0.25, 0.3) is 11.3 Å². The van der Waals surface area contributed by atoms with E-state index in [0.717, 1.165) is 25.5 Å². The van der Waals surface area contributed by atoms with Crippen LogP contribution in [0.5, 0.6) is 0 Å². The van der Waals surface area contributed by atoms with Crippen LogP contribution in [0.1, 0.15) is 36.0 Å². The number of amides is 1. The number of hydrogen-bond acceptors (Lipinski definition) is 3. The van der Waals surface area contributed by atoms with Crippen LogP contribution in [0.15, 0.2) is 42.6 Å². The molecule has 1 amide bonds. The van der Waals surface area contributed by atoms with Gasteiger partial charge in [-0.1, -0.05) is 18.6 Å². The van der Waals surface area contributed by atoms with E-state index in [9.17, 15) is 14.0 Å². The van der Waals surface area contributed by atoms with Gasteiger partial charge in [0, 0.05) is 23.7 Å². The van der Waals surface area contributed by atoms with Crippen molar-refractivity contribution >= 4 is 12.2 Å². The van der Waals surface area contributed by atoms with Crippen LogP contribution in [0.3, 0.4) is 0 Å². The molecule has 5 heteroatoms. The number of aromatic nitrogens is 1. The lowest BCUT2D eigenvalue weighted by Gasteiger charge is -2.26. The van der Waals surface area contributed by atoms with E-state index in [4.69, 9.17) is 0 Å². The van der Waals surface area contributed by atoms with E-state index in [1.165, 1.54) is 18.3 Å². The third kappa shape index (κ3) is 3.85. The molecule has 124 valence electrons. The molecule has 0 spiro atoms. The molecular formula is C19H19FN2O2. The lowest BCUT2D eigenvalue weighted by Crippen LogP contribution is -2.38. The highest BCUT2D eigenvalue weighted by atomic mass is 19.1. The van der Waals surface area contributed by atoms with E-state index < -0.39 is 0 Å². The summed E-state index contributed by atoms with van der Waals surface area (Å²) in [6.45, 7) is 0. The van der Waals surface area contributed by atoms with Crippen LogP contribution in [-0.4, -0.2) is 23.2 Å². The quantitative estimate of drug-likeness (QED) is 0.876. The predicted octanol–water partition coefficient (Wildman–Crippen LogP) is 3.38. The van der Waals surface area contributed by atoms with E-state index in [1.54, 1.807) is 24.3 Å². The Morgan fingerprint density at radius 1 is 1.25 bits per heavy atom. The molecular weight excluding hydrogens is 307 g/mol. The Morgan fingerprint density at radius 2 is 2.12 bits per heavy atom. The summed E-state index contributed by atoms with van der Waals surface area (Å²) in [5.74, 6) is -0.472. The minimum absolute atomic E-state index is 0.0318. The average molecular weight is 326 g/mol.